The summed E-state index contributed by atoms with van der Waals surface area (Å²) >= 11 is 0. The topological polar surface area (TPSA) is 92.9 Å². The van der Waals surface area contributed by atoms with Crippen LogP contribution >= 0.6 is 0 Å². The fraction of sp³-hybridized carbons (Fsp3) is 0.462. The third-order valence-electron chi connectivity index (χ3n) is 3.34. The van der Waals surface area contributed by atoms with Gasteiger partial charge >= 0.3 is 5.97 Å². The molecule has 1 aliphatic heterocycles. The lowest BCUT2D eigenvalue weighted by molar-refractivity contribution is -0.384. The highest BCUT2D eigenvalue weighted by Crippen LogP contribution is 2.28. The number of morpholine rings is 1. The molecule has 7 nitrogen and oxygen atoms in total. The van der Waals surface area contributed by atoms with Crippen molar-refractivity contribution in [1.29, 1.82) is 0 Å². The maximum atomic E-state index is 10.9. The minimum absolute atomic E-state index is 0.0174. The van der Waals surface area contributed by atoms with E-state index in [4.69, 9.17) is 9.84 Å². The van der Waals surface area contributed by atoms with Crippen molar-refractivity contribution in [1.82, 2.24) is 0 Å². The number of carboxylic acid groups (broad SMARTS) is 1. The molecule has 1 aromatic rings. The van der Waals surface area contributed by atoms with Crippen LogP contribution in [0.2, 0.25) is 0 Å². The van der Waals surface area contributed by atoms with Gasteiger partial charge in [-0.25, -0.2) is 0 Å². The Balaban J connectivity index is 2.27. The molecule has 0 saturated carbocycles. The third-order valence-corrected chi connectivity index (χ3v) is 3.34. The summed E-state index contributed by atoms with van der Waals surface area (Å²) in [6, 6.07) is 4.37. The Kier molecular flexibility index (Phi) is 4.19. The molecule has 1 saturated heterocycles. The van der Waals surface area contributed by atoms with Gasteiger partial charge in [0.2, 0.25) is 0 Å². The van der Waals surface area contributed by atoms with Gasteiger partial charge in [0, 0.05) is 24.4 Å². The van der Waals surface area contributed by atoms with Crippen LogP contribution in [0.3, 0.4) is 0 Å². The van der Waals surface area contributed by atoms with E-state index in [1.54, 1.807) is 13.0 Å². The number of anilines is 1. The average molecular weight is 280 g/mol. The van der Waals surface area contributed by atoms with Gasteiger partial charge in [0.1, 0.15) is 0 Å². The van der Waals surface area contributed by atoms with Gasteiger partial charge in [-0.2, -0.15) is 0 Å². The van der Waals surface area contributed by atoms with Gasteiger partial charge in [0.25, 0.3) is 5.69 Å². The van der Waals surface area contributed by atoms with Gasteiger partial charge in [-0.15, -0.1) is 0 Å². The molecular weight excluding hydrogens is 264 g/mol. The predicted octanol–water partition coefficient (Wildman–Crippen LogP) is 1.58. The zero-order valence-corrected chi connectivity index (χ0v) is 11.1. The molecule has 1 aliphatic rings. The monoisotopic (exact) mass is 280 g/mol. The number of rotatable bonds is 4. The van der Waals surface area contributed by atoms with Crippen molar-refractivity contribution in [2.24, 2.45) is 0 Å². The summed E-state index contributed by atoms with van der Waals surface area (Å²) in [6.45, 7) is 3.24. The fourth-order valence-corrected chi connectivity index (χ4v) is 2.42. The average Bonchev–Trinajstić information content (AvgIpc) is 2.39. The molecular formula is C13H16N2O5. The molecule has 7 heteroatoms. The molecule has 1 atom stereocenters. The predicted molar refractivity (Wildman–Crippen MR) is 72.0 cm³/mol. The molecule has 1 fully saturated rings. The van der Waals surface area contributed by atoms with E-state index in [0.717, 1.165) is 11.3 Å². The number of carboxylic acids is 1. The normalized spacial score (nSPS) is 18.9. The number of hydrogen-bond acceptors (Lipinski definition) is 5. The summed E-state index contributed by atoms with van der Waals surface area (Å²) in [5, 5.41) is 19.7. The van der Waals surface area contributed by atoms with E-state index in [1.807, 2.05) is 4.90 Å². The van der Waals surface area contributed by atoms with Crippen molar-refractivity contribution in [3.8, 4) is 0 Å². The first-order valence-corrected chi connectivity index (χ1v) is 6.30. The minimum Gasteiger partial charge on any atom is -0.481 e. The lowest BCUT2D eigenvalue weighted by atomic mass is 10.1. The molecule has 1 unspecified atom stereocenters. The van der Waals surface area contributed by atoms with Crippen LogP contribution in [0.1, 0.15) is 12.0 Å². The van der Waals surface area contributed by atoms with Gasteiger partial charge < -0.3 is 14.7 Å². The Morgan fingerprint density at radius 3 is 2.95 bits per heavy atom. The quantitative estimate of drug-likeness (QED) is 0.665. The van der Waals surface area contributed by atoms with Gasteiger partial charge in [0.05, 0.1) is 30.6 Å². The largest absolute Gasteiger partial charge is 0.481 e. The molecule has 0 aromatic heterocycles. The van der Waals surface area contributed by atoms with Crippen molar-refractivity contribution in [2.45, 2.75) is 19.4 Å². The van der Waals surface area contributed by atoms with Crippen molar-refractivity contribution in [2.75, 3.05) is 24.7 Å². The number of nitro benzene ring substituents is 1. The summed E-state index contributed by atoms with van der Waals surface area (Å²) in [4.78, 5) is 23.2. The Morgan fingerprint density at radius 1 is 1.60 bits per heavy atom. The molecule has 2 rings (SSSR count). The van der Waals surface area contributed by atoms with Gasteiger partial charge in [0.15, 0.2) is 0 Å². The molecule has 0 amide bonds. The van der Waals surface area contributed by atoms with E-state index in [2.05, 4.69) is 0 Å². The molecule has 0 radical (unpaired) electrons. The van der Waals surface area contributed by atoms with E-state index in [1.165, 1.54) is 12.1 Å². The number of carbonyl (C=O) groups is 1. The maximum absolute atomic E-state index is 10.9. The highest BCUT2D eigenvalue weighted by atomic mass is 16.6. The number of nitro groups is 1. The molecule has 108 valence electrons. The Morgan fingerprint density at radius 2 is 2.35 bits per heavy atom. The van der Waals surface area contributed by atoms with Crippen molar-refractivity contribution < 1.29 is 19.6 Å². The summed E-state index contributed by atoms with van der Waals surface area (Å²) in [7, 11) is 0. The van der Waals surface area contributed by atoms with Gasteiger partial charge in [-0.1, -0.05) is 0 Å². The number of benzene rings is 1. The van der Waals surface area contributed by atoms with Gasteiger partial charge in [-0.3, -0.25) is 14.9 Å². The number of ether oxygens (including phenoxy) is 1. The van der Waals surface area contributed by atoms with E-state index in [0.29, 0.717) is 19.8 Å². The van der Waals surface area contributed by atoms with Crippen LogP contribution in [0, 0.1) is 17.0 Å². The number of hydrogen-bond donors (Lipinski definition) is 1. The molecule has 20 heavy (non-hydrogen) atoms. The SMILES string of the molecule is Cc1cc([N+](=O)[O-])ccc1N1CCOCC1CC(=O)O. The second-order valence-electron chi connectivity index (χ2n) is 4.75. The number of aliphatic carboxylic acids is 1. The van der Waals surface area contributed by atoms with Crippen LogP contribution in [-0.4, -0.2) is 41.8 Å². The van der Waals surface area contributed by atoms with Crippen molar-refractivity contribution >= 4 is 17.3 Å². The van der Waals surface area contributed by atoms with Crippen molar-refractivity contribution in [3.63, 3.8) is 0 Å². The standard InChI is InChI=1S/C13H16N2O5/c1-9-6-10(15(18)19)2-3-12(9)14-4-5-20-8-11(14)7-13(16)17/h2-3,6,11H,4-5,7-8H2,1H3,(H,16,17). The summed E-state index contributed by atoms with van der Waals surface area (Å²) in [5.41, 5.74) is 1.62. The van der Waals surface area contributed by atoms with Crippen LogP contribution in [0.25, 0.3) is 0 Å². The first kappa shape index (κ1) is 14.3. The molecule has 1 heterocycles. The first-order chi connectivity index (χ1) is 9.49. The summed E-state index contributed by atoms with van der Waals surface area (Å²) in [6.07, 6.45) is -0.0174. The van der Waals surface area contributed by atoms with Gasteiger partial charge in [-0.05, 0) is 18.6 Å². The molecule has 0 spiro atoms. The van der Waals surface area contributed by atoms with Crippen LogP contribution < -0.4 is 4.90 Å². The zero-order chi connectivity index (χ0) is 14.7. The van der Waals surface area contributed by atoms with Crippen LogP contribution in [0.4, 0.5) is 11.4 Å². The number of nitrogens with zero attached hydrogens (tertiary/aromatic N) is 2. The molecule has 0 aliphatic carbocycles. The smallest absolute Gasteiger partial charge is 0.305 e. The second-order valence-corrected chi connectivity index (χ2v) is 4.75. The lowest BCUT2D eigenvalue weighted by Crippen LogP contribution is -2.47. The Hall–Kier alpha value is -2.15. The van der Waals surface area contributed by atoms with E-state index in [-0.39, 0.29) is 18.2 Å². The Bertz CT molecular complexity index is 531. The van der Waals surface area contributed by atoms with Crippen LogP contribution in [-0.2, 0) is 9.53 Å². The Labute approximate surface area is 115 Å². The minimum atomic E-state index is -0.884. The van der Waals surface area contributed by atoms with E-state index < -0.39 is 10.9 Å². The molecule has 0 bridgehead atoms. The number of aryl methyl sites for hydroxylation is 1. The summed E-state index contributed by atoms with van der Waals surface area (Å²) < 4.78 is 5.32. The second kappa shape index (κ2) is 5.87. The third kappa shape index (κ3) is 3.05. The fourth-order valence-electron chi connectivity index (χ4n) is 2.42. The van der Waals surface area contributed by atoms with Crippen molar-refractivity contribution in [3.05, 3.63) is 33.9 Å². The molecule has 1 N–H and O–H groups in total. The maximum Gasteiger partial charge on any atom is 0.305 e. The highest BCUT2D eigenvalue weighted by molar-refractivity contribution is 5.69. The van der Waals surface area contributed by atoms with E-state index in [9.17, 15) is 14.9 Å². The lowest BCUT2D eigenvalue weighted by Gasteiger charge is -2.37. The van der Waals surface area contributed by atoms with Crippen LogP contribution in [0.5, 0.6) is 0 Å². The van der Waals surface area contributed by atoms with Crippen LogP contribution in [0.15, 0.2) is 18.2 Å². The highest BCUT2D eigenvalue weighted by Gasteiger charge is 2.27. The first-order valence-electron chi connectivity index (χ1n) is 6.30. The number of non-ortho nitro benzene ring substituents is 1. The molecule has 1 aromatic carbocycles. The van der Waals surface area contributed by atoms with E-state index >= 15 is 0 Å². The zero-order valence-electron chi connectivity index (χ0n) is 11.1. The summed E-state index contributed by atoms with van der Waals surface area (Å²) in [5.74, 6) is -0.884.